The standard InChI is InChI=1S/C18H22ClN3O3/c1-13-12-22(15-9-6-5-8-14(15)19)21-17(13)18(25)20-11-7-3-2-4-10-16(23)24/h5-6,8-9,12H,2-4,7,10-11H2,1H3,(H,20,25)(H,23,24). The minimum Gasteiger partial charge on any atom is -0.481 e. The van der Waals surface area contributed by atoms with Crippen molar-refractivity contribution >= 4 is 23.5 Å². The Morgan fingerprint density at radius 2 is 1.92 bits per heavy atom. The van der Waals surface area contributed by atoms with Crippen LogP contribution in [0.15, 0.2) is 30.5 Å². The van der Waals surface area contributed by atoms with Gasteiger partial charge in [0.2, 0.25) is 0 Å². The Balaban J connectivity index is 1.84. The molecule has 2 N–H and O–H groups in total. The Bertz CT molecular complexity index is 743. The topological polar surface area (TPSA) is 84.2 Å². The molecule has 6 nitrogen and oxygen atoms in total. The molecule has 0 aliphatic rings. The maximum absolute atomic E-state index is 12.3. The van der Waals surface area contributed by atoms with E-state index in [4.69, 9.17) is 16.7 Å². The molecule has 0 unspecified atom stereocenters. The van der Waals surface area contributed by atoms with Crippen molar-refractivity contribution in [1.82, 2.24) is 15.1 Å². The van der Waals surface area contributed by atoms with Crippen molar-refractivity contribution in [2.24, 2.45) is 0 Å². The minimum absolute atomic E-state index is 0.199. The molecule has 1 aromatic carbocycles. The lowest BCUT2D eigenvalue weighted by molar-refractivity contribution is -0.137. The van der Waals surface area contributed by atoms with E-state index in [0.29, 0.717) is 23.7 Å². The number of hydrogen-bond acceptors (Lipinski definition) is 3. The van der Waals surface area contributed by atoms with E-state index in [1.165, 1.54) is 0 Å². The molecule has 2 rings (SSSR count). The van der Waals surface area contributed by atoms with Gasteiger partial charge >= 0.3 is 5.97 Å². The third kappa shape index (κ3) is 5.60. The predicted molar refractivity (Wildman–Crippen MR) is 96.4 cm³/mol. The molecule has 0 saturated heterocycles. The summed E-state index contributed by atoms with van der Waals surface area (Å²) in [5, 5.41) is 16.3. The smallest absolute Gasteiger partial charge is 0.303 e. The van der Waals surface area contributed by atoms with Gasteiger partial charge in [0.05, 0.1) is 10.7 Å². The number of carboxylic acids is 1. The molecule has 134 valence electrons. The highest BCUT2D eigenvalue weighted by Gasteiger charge is 2.15. The molecular formula is C18H22ClN3O3. The maximum atomic E-state index is 12.3. The Morgan fingerprint density at radius 3 is 2.64 bits per heavy atom. The molecule has 0 aliphatic heterocycles. The summed E-state index contributed by atoms with van der Waals surface area (Å²) in [7, 11) is 0. The molecule has 1 amide bonds. The first-order valence-electron chi connectivity index (χ1n) is 8.30. The number of benzene rings is 1. The van der Waals surface area contributed by atoms with Crippen LogP contribution in [0, 0.1) is 6.92 Å². The van der Waals surface area contributed by atoms with Crippen molar-refractivity contribution in [1.29, 1.82) is 0 Å². The number of aliphatic carboxylic acids is 1. The Morgan fingerprint density at radius 1 is 1.20 bits per heavy atom. The van der Waals surface area contributed by atoms with Gasteiger partial charge in [-0.05, 0) is 31.9 Å². The molecule has 0 radical (unpaired) electrons. The van der Waals surface area contributed by atoms with E-state index in [2.05, 4.69) is 10.4 Å². The highest BCUT2D eigenvalue weighted by Crippen LogP contribution is 2.20. The Hall–Kier alpha value is -2.34. The zero-order valence-electron chi connectivity index (χ0n) is 14.2. The van der Waals surface area contributed by atoms with Crippen molar-refractivity contribution in [3.63, 3.8) is 0 Å². The number of aryl methyl sites for hydroxylation is 1. The van der Waals surface area contributed by atoms with Crippen LogP contribution < -0.4 is 5.32 Å². The first-order chi connectivity index (χ1) is 12.0. The third-order valence-electron chi connectivity index (χ3n) is 3.81. The van der Waals surface area contributed by atoms with Gasteiger partial charge in [-0.25, -0.2) is 4.68 Å². The van der Waals surface area contributed by atoms with Gasteiger partial charge in [0.25, 0.3) is 5.91 Å². The van der Waals surface area contributed by atoms with Crippen molar-refractivity contribution < 1.29 is 14.7 Å². The van der Waals surface area contributed by atoms with Crippen molar-refractivity contribution in [2.45, 2.75) is 39.0 Å². The summed E-state index contributed by atoms with van der Waals surface area (Å²) in [6.07, 6.45) is 5.20. The van der Waals surface area contributed by atoms with E-state index in [1.54, 1.807) is 16.9 Å². The van der Waals surface area contributed by atoms with Crippen LogP contribution in [0.2, 0.25) is 5.02 Å². The molecule has 25 heavy (non-hydrogen) atoms. The van der Waals surface area contributed by atoms with Gasteiger partial charge in [0.15, 0.2) is 5.69 Å². The third-order valence-corrected chi connectivity index (χ3v) is 4.13. The van der Waals surface area contributed by atoms with Gasteiger partial charge < -0.3 is 10.4 Å². The van der Waals surface area contributed by atoms with Gasteiger partial charge in [-0.3, -0.25) is 9.59 Å². The number of hydrogen-bond donors (Lipinski definition) is 2. The van der Waals surface area contributed by atoms with E-state index in [1.807, 2.05) is 25.1 Å². The fraction of sp³-hybridized carbons (Fsp3) is 0.389. The van der Waals surface area contributed by atoms with Crippen molar-refractivity contribution in [3.8, 4) is 5.69 Å². The number of amides is 1. The van der Waals surface area contributed by atoms with Crippen molar-refractivity contribution in [2.75, 3.05) is 6.54 Å². The van der Waals surface area contributed by atoms with Crippen LogP contribution in [0.3, 0.4) is 0 Å². The summed E-state index contributed by atoms with van der Waals surface area (Å²) in [5.41, 5.74) is 1.88. The largest absolute Gasteiger partial charge is 0.481 e. The average Bonchev–Trinajstić information content (AvgIpc) is 2.95. The van der Waals surface area contributed by atoms with E-state index in [0.717, 1.165) is 30.5 Å². The quantitative estimate of drug-likeness (QED) is 0.667. The van der Waals surface area contributed by atoms with Gasteiger partial charge in [0.1, 0.15) is 0 Å². The van der Waals surface area contributed by atoms with E-state index < -0.39 is 5.97 Å². The predicted octanol–water partition coefficient (Wildman–Crippen LogP) is 3.60. The number of halogens is 1. The number of carbonyl (C=O) groups is 2. The first kappa shape index (κ1) is 19.0. The molecule has 0 fully saturated rings. The van der Waals surface area contributed by atoms with Crippen LogP contribution in [0.5, 0.6) is 0 Å². The maximum Gasteiger partial charge on any atom is 0.303 e. The lowest BCUT2D eigenvalue weighted by Gasteiger charge is -2.04. The summed E-state index contributed by atoms with van der Waals surface area (Å²) < 4.78 is 1.61. The van der Waals surface area contributed by atoms with Gasteiger partial charge in [-0.2, -0.15) is 5.10 Å². The first-order valence-corrected chi connectivity index (χ1v) is 8.68. The molecule has 2 aromatic rings. The molecule has 0 saturated carbocycles. The fourth-order valence-corrected chi connectivity index (χ4v) is 2.71. The normalized spacial score (nSPS) is 10.6. The number of nitrogens with one attached hydrogen (secondary N) is 1. The van der Waals surface area contributed by atoms with Crippen LogP contribution in [-0.2, 0) is 4.79 Å². The average molecular weight is 364 g/mol. The summed E-state index contributed by atoms with van der Waals surface area (Å²) >= 11 is 6.17. The molecule has 0 aliphatic carbocycles. The van der Waals surface area contributed by atoms with Crippen LogP contribution in [0.1, 0.15) is 48.2 Å². The summed E-state index contributed by atoms with van der Waals surface area (Å²) in [6, 6.07) is 7.32. The van der Waals surface area contributed by atoms with Gasteiger partial charge in [-0.1, -0.05) is 36.6 Å². The molecule has 1 aromatic heterocycles. The number of unbranched alkanes of at least 4 members (excludes halogenated alkanes) is 3. The molecular weight excluding hydrogens is 342 g/mol. The molecule has 0 atom stereocenters. The second-order valence-corrected chi connectivity index (χ2v) is 6.28. The Labute approximate surface area is 151 Å². The lowest BCUT2D eigenvalue weighted by atomic mass is 10.1. The minimum atomic E-state index is -0.766. The van der Waals surface area contributed by atoms with E-state index in [9.17, 15) is 9.59 Å². The second-order valence-electron chi connectivity index (χ2n) is 5.87. The summed E-state index contributed by atoms with van der Waals surface area (Å²) in [5.74, 6) is -0.980. The van der Waals surface area contributed by atoms with Gasteiger partial charge in [0, 0.05) is 24.7 Å². The molecule has 7 heteroatoms. The SMILES string of the molecule is Cc1cn(-c2ccccc2Cl)nc1C(=O)NCCCCCCC(=O)O. The molecule has 1 heterocycles. The van der Waals surface area contributed by atoms with Crippen LogP contribution in [0.25, 0.3) is 5.69 Å². The van der Waals surface area contributed by atoms with Crippen LogP contribution >= 0.6 is 11.6 Å². The second kappa shape index (κ2) is 9.22. The highest BCUT2D eigenvalue weighted by molar-refractivity contribution is 6.32. The van der Waals surface area contributed by atoms with Crippen LogP contribution in [0.4, 0.5) is 0 Å². The fourth-order valence-electron chi connectivity index (χ4n) is 2.49. The number of rotatable bonds is 9. The number of carboxylic acid groups (broad SMARTS) is 1. The van der Waals surface area contributed by atoms with Gasteiger partial charge in [-0.15, -0.1) is 0 Å². The monoisotopic (exact) mass is 363 g/mol. The zero-order valence-corrected chi connectivity index (χ0v) is 14.9. The number of carbonyl (C=O) groups excluding carboxylic acids is 1. The highest BCUT2D eigenvalue weighted by atomic mass is 35.5. The molecule has 0 bridgehead atoms. The summed E-state index contributed by atoms with van der Waals surface area (Å²) in [6.45, 7) is 2.38. The summed E-state index contributed by atoms with van der Waals surface area (Å²) in [4.78, 5) is 22.7. The number of nitrogens with zero attached hydrogens (tertiary/aromatic N) is 2. The lowest BCUT2D eigenvalue weighted by Crippen LogP contribution is -2.25. The number of aromatic nitrogens is 2. The van der Waals surface area contributed by atoms with Crippen LogP contribution in [-0.4, -0.2) is 33.3 Å². The van der Waals surface area contributed by atoms with E-state index in [-0.39, 0.29) is 12.3 Å². The molecule has 0 spiro atoms. The Kier molecular flexibility index (Phi) is 7.01. The van der Waals surface area contributed by atoms with Crippen molar-refractivity contribution in [3.05, 3.63) is 46.7 Å². The van der Waals surface area contributed by atoms with E-state index >= 15 is 0 Å². The zero-order chi connectivity index (χ0) is 18.2. The number of para-hydroxylation sites is 1.